The predicted octanol–water partition coefficient (Wildman–Crippen LogP) is 0.778. The Labute approximate surface area is 112 Å². The fourth-order valence-corrected chi connectivity index (χ4v) is 3.14. The minimum absolute atomic E-state index is 0.541. The molecule has 0 aromatic heterocycles. The van der Waals surface area contributed by atoms with Crippen molar-refractivity contribution in [2.75, 3.05) is 39.9 Å². The number of piperazine rings is 1. The maximum atomic E-state index is 5.54. The minimum atomic E-state index is 0.541. The van der Waals surface area contributed by atoms with E-state index in [9.17, 15) is 0 Å². The Bertz CT molecular complexity index is 243. The number of nitrogens with zero attached hydrogens (tertiary/aromatic N) is 2. The Hall–Kier alpha value is -0.160. The van der Waals surface area contributed by atoms with Gasteiger partial charge in [0.25, 0.3) is 0 Å². The van der Waals surface area contributed by atoms with Gasteiger partial charge >= 0.3 is 0 Å². The van der Waals surface area contributed by atoms with Crippen LogP contribution in [0.3, 0.4) is 0 Å². The van der Waals surface area contributed by atoms with E-state index < -0.39 is 0 Å². The van der Waals surface area contributed by atoms with E-state index in [-0.39, 0.29) is 0 Å². The molecule has 2 rings (SSSR count). The van der Waals surface area contributed by atoms with E-state index in [0.29, 0.717) is 24.2 Å². The van der Waals surface area contributed by atoms with Crippen LogP contribution in [0.15, 0.2) is 0 Å². The summed E-state index contributed by atoms with van der Waals surface area (Å²) < 4.78 is 5.54. The fourth-order valence-electron chi connectivity index (χ4n) is 3.14. The first-order valence-corrected chi connectivity index (χ1v) is 7.35. The summed E-state index contributed by atoms with van der Waals surface area (Å²) >= 11 is 0. The van der Waals surface area contributed by atoms with Crippen LogP contribution in [-0.2, 0) is 4.74 Å². The predicted molar refractivity (Wildman–Crippen MR) is 74.9 cm³/mol. The van der Waals surface area contributed by atoms with Crippen LogP contribution in [-0.4, -0.2) is 73.9 Å². The van der Waals surface area contributed by atoms with Crippen molar-refractivity contribution in [2.24, 2.45) is 0 Å². The lowest BCUT2D eigenvalue weighted by Crippen LogP contribution is -2.58. The summed E-state index contributed by atoms with van der Waals surface area (Å²) in [7, 11) is 2.24. The number of morpholine rings is 1. The second kappa shape index (κ2) is 6.33. The molecular formula is C14H29N3O. The normalized spacial score (nSPS) is 37.7. The van der Waals surface area contributed by atoms with Crippen molar-refractivity contribution in [3.05, 3.63) is 0 Å². The summed E-state index contributed by atoms with van der Waals surface area (Å²) in [5, 5.41) is 3.56. The molecule has 1 N–H and O–H groups in total. The molecule has 0 spiro atoms. The standard InChI is InChI=1S/C14H29N3O/c1-11(7-14-10-18-6-5-15-14)17-8-12(2)16(4)13(3)9-17/h11-15H,5-10H2,1-4H3. The van der Waals surface area contributed by atoms with Crippen LogP contribution >= 0.6 is 0 Å². The van der Waals surface area contributed by atoms with Crippen molar-refractivity contribution in [3.63, 3.8) is 0 Å². The van der Waals surface area contributed by atoms with Gasteiger partial charge in [0.05, 0.1) is 13.2 Å². The van der Waals surface area contributed by atoms with E-state index in [4.69, 9.17) is 4.74 Å². The number of rotatable bonds is 3. The van der Waals surface area contributed by atoms with Crippen molar-refractivity contribution >= 4 is 0 Å². The van der Waals surface area contributed by atoms with Gasteiger partial charge in [-0.1, -0.05) is 0 Å². The Kier molecular flexibility index (Phi) is 5.01. The molecule has 0 saturated carbocycles. The first-order valence-electron chi connectivity index (χ1n) is 7.35. The van der Waals surface area contributed by atoms with Gasteiger partial charge in [-0.25, -0.2) is 0 Å². The molecule has 0 aliphatic carbocycles. The summed E-state index contributed by atoms with van der Waals surface area (Å²) in [6.45, 7) is 12.2. The first-order chi connectivity index (χ1) is 8.58. The van der Waals surface area contributed by atoms with Gasteiger partial charge in [0, 0.05) is 43.8 Å². The summed E-state index contributed by atoms with van der Waals surface area (Å²) in [5.41, 5.74) is 0. The monoisotopic (exact) mass is 255 g/mol. The quantitative estimate of drug-likeness (QED) is 0.806. The zero-order valence-corrected chi connectivity index (χ0v) is 12.4. The molecule has 2 aliphatic heterocycles. The number of hydrogen-bond donors (Lipinski definition) is 1. The molecule has 2 heterocycles. The van der Waals surface area contributed by atoms with Gasteiger partial charge in [-0.15, -0.1) is 0 Å². The minimum Gasteiger partial charge on any atom is -0.379 e. The maximum Gasteiger partial charge on any atom is 0.0620 e. The Morgan fingerprint density at radius 3 is 2.50 bits per heavy atom. The molecule has 2 aliphatic rings. The highest BCUT2D eigenvalue weighted by atomic mass is 16.5. The van der Waals surface area contributed by atoms with Crippen LogP contribution in [0.1, 0.15) is 27.2 Å². The SMILES string of the molecule is CC(CC1COCCN1)N1CC(C)N(C)C(C)C1. The van der Waals surface area contributed by atoms with Crippen molar-refractivity contribution in [2.45, 2.75) is 51.4 Å². The number of hydrogen-bond acceptors (Lipinski definition) is 4. The molecular weight excluding hydrogens is 226 g/mol. The van der Waals surface area contributed by atoms with Gasteiger partial charge in [-0.3, -0.25) is 9.80 Å². The lowest BCUT2D eigenvalue weighted by molar-refractivity contribution is 0.0209. The van der Waals surface area contributed by atoms with Crippen LogP contribution in [0.5, 0.6) is 0 Å². The van der Waals surface area contributed by atoms with Gasteiger partial charge in [0.2, 0.25) is 0 Å². The Balaban J connectivity index is 1.82. The van der Waals surface area contributed by atoms with Gasteiger partial charge in [-0.2, -0.15) is 0 Å². The molecule has 0 bridgehead atoms. The van der Waals surface area contributed by atoms with Crippen molar-refractivity contribution in [1.82, 2.24) is 15.1 Å². The van der Waals surface area contributed by atoms with E-state index in [2.05, 4.69) is 42.9 Å². The van der Waals surface area contributed by atoms with Gasteiger partial charge in [-0.05, 0) is 34.2 Å². The average molecular weight is 255 g/mol. The van der Waals surface area contributed by atoms with E-state index in [1.54, 1.807) is 0 Å². The molecule has 4 heteroatoms. The van der Waals surface area contributed by atoms with Gasteiger partial charge in [0.1, 0.15) is 0 Å². The van der Waals surface area contributed by atoms with Gasteiger partial charge in [0.15, 0.2) is 0 Å². The molecule has 4 unspecified atom stereocenters. The van der Waals surface area contributed by atoms with Crippen LogP contribution in [0.2, 0.25) is 0 Å². The zero-order valence-electron chi connectivity index (χ0n) is 12.4. The number of likely N-dealkylation sites (N-methyl/N-ethyl adjacent to an activating group) is 1. The van der Waals surface area contributed by atoms with E-state index in [0.717, 1.165) is 19.8 Å². The molecule has 4 atom stereocenters. The van der Waals surface area contributed by atoms with E-state index in [1.807, 2.05) is 0 Å². The summed E-state index contributed by atoms with van der Waals surface area (Å²) in [5.74, 6) is 0. The first kappa shape index (κ1) is 14.3. The van der Waals surface area contributed by atoms with Crippen LogP contribution < -0.4 is 5.32 Å². The second-order valence-corrected chi connectivity index (χ2v) is 6.13. The zero-order chi connectivity index (χ0) is 13.1. The number of nitrogens with one attached hydrogen (secondary N) is 1. The smallest absolute Gasteiger partial charge is 0.0620 e. The molecule has 18 heavy (non-hydrogen) atoms. The van der Waals surface area contributed by atoms with Gasteiger partial charge < -0.3 is 10.1 Å². The Morgan fingerprint density at radius 2 is 1.94 bits per heavy atom. The van der Waals surface area contributed by atoms with Crippen LogP contribution in [0.25, 0.3) is 0 Å². The van der Waals surface area contributed by atoms with E-state index >= 15 is 0 Å². The summed E-state index contributed by atoms with van der Waals surface area (Å²) in [4.78, 5) is 5.14. The molecule has 2 saturated heterocycles. The molecule has 0 radical (unpaired) electrons. The van der Waals surface area contributed by atoms with Crippen molar-refractivity contribution in [3.8, 4) is 0 Å². The molecule has 4 nitrogen and oxygen atoms in total. The molecule has 106 valence electrons. The van der Waals surface area contributed by atoms with Crippen molar-refractivity contribution in [1.29, 1.82) is 0 Å². The highest BCUT2D eigenvalue weighted by molar-refractivity contribution is 4.87. The molecule has 0 aromatic carbocycles. The Morgan fingerprint density at radius 1 is 1.28 bits per heavy atom. The van der Waals surface area contributed by atoms with Crippen molar-refractivity contribution < 1.29 is 4.74 Å². The van der Waals surface area contributed by atoms with Crippen LogP contribution in [0, 0.1) is 0 Å². The highest BCUT2D eigenvalue weighted by Gasteiger charge is 2.30. The lowest BCUT2D eigenvalue weighted by atomic mass is 10.0. The number of ether oxygens (including phenoxy) is 1. The molecule has 0 aromatic rings. The lowest BCUT2D eigenvalue weighted by Gasteiger charge is -2.45. The summed E-state index contributed by atoms with van der Waals surface area (Å²) in [6, 6.07) is 2.50. The summed E-state index contributed by atoms with van der Waals surface area (Å²) in [6.07, 6.45) is 1.20. The third-order valence-corrected chi connectivity index (χ3v) is 4.64. The molecule has 2 fully saturated rings. The second-order valence-electron chi connectivity index (χ2n) is 6.13. The third-order valence-electron chi connectivity index (χ3n) is 4.64. The largest absolute Gasteiger partial charge is 0.379 e. The average Bonchev–Trinajstić information content (AvgIpc) is 2.36. The van der Waals surface area contributed by atoms with E-state index in [1.165, 1.54) is 19.5 Å². The topological polar surface area (TPSA) is 27.7 Å². The maximum absolute atomic E-state index is 5.54. The van der Waals surface area contributed by atoms with Crippen LogP contribution in [0.4, 0.5) is 0 Å². The molecule has 0 amide bonds. The fraction of sp³-hybridized carbons (Fsp3) is 1.00. The highest BCUT2D eigenvalue weighted by Crippen LogP contribution is 2.18. The third kappa shape index (κ3) is 3.44.